The van der Waals surface area contributed by atoms with Crippen molar-refractivity contribution in [2.75, 3.05) is 11.9 Å². The van der Waals surface area contributed by atoms with Crippen molar-refractivity contribution < 1.29 is 50.9 Å². The van der Waals surface area contributed by atoms with E-state index in [1.165, 1.54) is 0 Å². The van der Waals surface area contributed by atoms with Crippen LogP contribution in [0.2, 0.25) is 5.02 Å². The standard InChI is InChI=1S/C25H30ClN7O.2C2HF3O2/c1-15-10-11-19-17(14-15)22(31-20-8-4-5-9-21(20)32-25(27)28)33-23(30-19)24(34)29-13-12-16-6-2-3-7-18(16)26;2*3-2(4,5)1(6)7/h2-3,6-7,10-11,14,20-21H,4-5,8-9,12-13H2,1H3,(H,29,34)(H4,27,28,32)(H,30,31,33);2*(H,6,7). The molecular formula is C29H32ClF6N7O5. The third kappa shape index (κ3) is 12.7. The van der Waals surface area contributed by atoms with Gasteiger partial charge in [0.15, 0.2) is 5.96 Å². The van der Waals surface area contributed by atoms with E-state index < -0.39 is 24.3 Å². The Labute approximate surface area is 274 Å². The average molecular weight is 708 g/mol. The van der Waals surface area contributed by atoms with E-state index in [0.717, 1.165) is 42.2 Å². The number of amides is 1. The van der Waals surface area contributed by atoms with Gasteiger partial charge in [0.05, 0.1) is 17.6 Å². The minimum Gasteiger partial charge on any atom is -0.475 e. The maximum Gasteiger partial charge on any atom is 0.490 e. The molecule has 2 aromatic carbocycles. The minimum atomic E-state index is -5.08. The number of hydrogen-bond donors (Lipinski definition) is 6. The Bertz CT molecular complexity index is 1590. The molecule has 4 rings (SSSR count). The number of aromatic nitrogens is 2. The molecule has 0 radical (unpaired) electrons. The second kappa shape index (κ2) is 17.3. The number of alkyl halides is 6. The molecule has 1 heterocycles. The molecule has 1 aliphatic carbocycles. The second-order valence-corrected chi connectivity index (χ2v) is 10.7. The summed E-state index contributed by atoms with van der Waals surface area (Å²) in [6.07, 6.45) is -5.59. The van der Waals surface area contributed by atoms with Crippen molar-refractivity contribution >= 4 is 52.1 Å². The molecule has 1 saturated carbocycles. The lowest BCUT2D eigenvalue weighted by Crippen LogP contribution is -2.38. The first kappa shape index (κ1) is 39.3. The number of carbonyl (C=O) groups excluding carboxylic acids is 1. The molecule has 12 nitrogen and oxygen atoms in total. The number of rotatable bonds is 7. The van der Waals surface area contributed by atoms with Gasteiger partial charge in [0.2, 0.25) is 5.82 Å². The zero-order valence-electron chi connectivity index (χ0n) is 25.2. The van der Waals surface area contributed by atoms with Gasteiger partial charge < -0.3 is 32.3 Å². The average Bonchev–Trinajstić information content (AvgIpc) is 2.98. The highest BCUT2D eigenvalue weighted by atomic mass is 35.5. The molecule has 1 aliphatic rings. The summed E-state index contributed by atoms with van der Waals surface area (Å²) in [6, 6.07) is 13.5. The molecule has 19 heteroatoms. The Balaban J connectivity index is 0.000000479. The smallest absolute Gasteiger partial charge is 0.475 e. The van der Waals surface area contributed by atoms with E-state index in [1.54, 1.807) is 0 Å². The van der Waals surface area contributed by atoms with E-state index in [2.05, 4.69) is 25.6 Å². The van der Waals surface area contributed by atoms with Gasteiger partial charge in [0.1, 0.15) is 5.82 Å². The molecule has 1 aromatic heterocycles. The Kier molecular flexibility index (Phi) is 14.2. The van der Waals surface area contributed by atoms with Gasteiger partial charge in [-0.1, -0.05) is 54.3 Å². The summed E-state index contributed by atoms with van der Waals surface area (Å²) in [5.74, 6) is -5.03. The first-order valence-corrected chi connectivity index (χ1v) is 14.4. The number of fused-ring (bicyclic) bond motifs is 1. The van der Waals surface area contributed by atoms with Gasteiger partial charge in [-0.05, 0) is 49.9 Å². The van der Waals surface area contributed by atoms with Crippen molar-refractivity contribution in [3.8, 4) is 0 Å². The lowest BCUT2D eigenvalue weighted by molar-refractivity contribution is -0.193. The van der Waals surface area contributed by atoms with Gasteiger partial charge in [-0.15, -0.1) is 0 Å². The fraction of sp³-hybridized carbons (Fsp3) is 0.379. The molecule has 0 saturated heterocycles. The number of carbonyl (C=O) groups is 3. The van der Waals surface area contributed by atoms with Crippen LogP contribution < -0.4 is 22.1 Å². The topological polar surface area (TPSA) is 206 Å². The lowest BCUT2D eigenvalue weighted by atomic mass is 9.90. The third-order valence-electron chi connectivity index (χ3n) is 6.54. The van der Waals surface area contributed by atoms with Crippen molar-refractivity contribution in [1.29, 1.82) is 0 Å². The molecule has 8 N–H and O–H groups in total. The zero-order chi connectivity index (χ0) is 36.2. The molecular weight excluding hydrogens is 676 g/mol. The van der Waals surface area contributed by atoms with Crippen LogP contribution in [0, 0.1) is 6.92 Å². The van der Waals surface area contributed by atoms with Gasteiger partial charge in [0.25, 0.3) is 5.91 Å². The quantitative estimate of drug-likeness (QED) is 0.112. The highest BCUT2D eigenvalue weighted by Gasteiger charge is 2.39. The molecule has 0 aliphatic heterocycles. The second-order valence-electron chi connectivity index (χ2n) is 10.3. The van der Waals surface area contributed by atoms with Gasteiger partial charge in [-0.3, -0.25) is 4.79 Å². The maximum atomic E-state index is 12.9. The Morgan fingerprint density at radius 1 is 0.958 bits per heavy atom. The van der Waals surface area contributed by atoms with Crippen LogP contribution in [0.1, 0.15) is 47.4 Å². The summed E-state index contributed by atoms with van der Waals surface area (Å²) in [5.41, 5.74) is 14.1. The van der Waals surface area contributed by atoms with Crippen LogP contribution in [0.4, 0.5) is 32.2 Å². The summed E-state index contributed by atoms with van der Waals surface area (Å²) >= 11 is 6.22. The maximum absolute atomic E-state index is 12.9. The lowest BCUT2D eigenvalue weighted by Gasteiger charge is -2.30. The summed E-state index contributed by atoms with van der Waals surface area (Å²) < 4.78 is 63.5. The fourth-order valence-corrected chi connectivity index (χ4v) is 4.58. The molecule has 2 unspecified atom stereocenters. The molecule has 48 heavy (non-hydrogen) atoms. The molecule has 3 aromatic rings. The third-order valence-corrected chi connectivity index (χ3v) is 6.91. The van der Waals surface area contributed by atoms with Gasteiger partial charge in [0, 0.05) is 17.0 Å². The van der Waals surface area contributed by atoms with E-state index in [-0.39, 0.29) is 29.8 Å². The van der Waals surface area contributed by atoms with Crippen LogP contribution in [-0.4, -0.2) is 75.0 Å². The summed E-state index contributed by atoms with van der Waals surface area (Å²) in [7, 11) is 0. The summed E-state index contributed by atoms with van der Waals surface area (Å²) in [4.78, 5) is 44.3. The van der Waals surface area contributed by atoms with Crippen LogP contribution in [-0.2, 0) is 16.0 Å². The highest BCUT2D eigenvalue weighted by Crippen LogP contribution is 2.28. The predicted molar refractivity (Wildman–Crippen MR) is 165 cm³/mol. The fourth-order valence-electron chi connectivity index (χ4n) is 4.35. The molecule has 0 bridgehead atoms. The number of nitrogens with zero attached hydrogens (tertiary/aromatic N) is 3. The number of benzene rings is 2. The van der Waals surface area contributed by atoms with E-state index in [1.807, 2.05) is 49.4 Å². The number of hydrogen-bond acceptors (Lipinski definition) is 7. The molecule has 2 atom stereocenters. The van der Waals surface area contributed by atoms with Crippen molar-refractivity contribution in [1.82, 2.24) is 15.3 Å². The molecule has 1 fully saturated rings. The zero-order valence-corrected chi connectivity index (χ0v) is 26.0. The van der Waals surface area contributed by atoms with Gasteiger partial charge in [-0.2, -0.15) is 26.3 Å². The SMILES string of the molecule is Cc1ccc2nc(C(=O)NCCc3ccccc3Cl)nc(NC3CCCCC3N=C(N)N)c2c1.O=C(O)C(F)(F)F.O=C(O)C(F)(F)F. The number of carboxylic acids is 2. The van der Waals surface area contributed by atoms with Crippen LogP contribution in [0.15, 0.2) is 47.5 Å². The number of carboxylic acid groups (broad SMARTS) is 2. The van der Waals surface area contributed by atoms with Crippen LogP contribution in [0.5, 0.6) is 0 Å². The Morgan fingerprint density at radius 2 is 1.54 bits per heavy atom. The largest absolute Gasteiger partial charge is 0.490 e. The van der Waals surface area contributed by atoms with Crippen LogP contribution in [0.3, 0.4) is 0 Å². The number of aliphatic carboxylic acids is 2. The minimum absolute atomic E-state index is 0.0191. The van der Waals surface area contributed by atoms with E-state index in [4.69, 9.17) is 42.9 Å². The Hall–Kier alpha value is -4.87. The summed E-state index contributed by atoms with van der Waals surface area (Å²) in [5, 5.41) is 22.2. The normalized spacial score (nSPS) is 15.9. The Morgan fingerprint density at radius 3 is 2.10 bits per heavy atom. The van der Waals surface area contributed by atoms with E-state index in [9.17, 15) is 31.1 Å². The van der Waals surface area contributed by atoms with E-state index >= 15 is 0 Å². The summed E-state index contributed by atoms with van der Waals surface area (Å²) in [6.45, 7) is 2.44. The number of guanidine groups is 1. The van der Waals surface area contributed by atoms with Crippen LogP contribution in [0.25, 0.3) is 10.9 Å². The monoisotopic (exact) mass is 707 g/mol. The van der Waals surface area contributed by atoms with Crippen molar-refractivity contribution in [3.63, 3.8) is 0 Å². The van der Waals surface area contributed by atoms with Crippen molar-refractivity contribution in [2.45, 2.75) is 63.5 Å². The van der Waals surface area contributed by atoms with Crippen molar-refractivity contribution in [3.05, 3.63) is 64.4 Å². The van der Waals surface area contributed by atoms with Gasteiger partial charge >= 0.3 is 24.3 Å². The van der Waals surface area contributed by atoms with Gasteiger partial charge in [-0.25, -0.2) is 24.5 Å². The molecule has 0 spiro atoms. The first-order chi connectivity index (χ1) is 22.3. The first-order valence-electron chi connectivity index (χ1n) is 14.0. The highest BCUT2D eigenvalue weighted by molar-refractivity contribution is 6.31. The number of anilines is 1. The number of halogens is 7. The number of nitrogens with two attached hydrogens (primary N) is 2. The molecule has 1 amide bonds. The van der Waals surface area contributed by atoms with Crippen molar-refractivity contribution in [2.24, 2.45) is 16.5 Å². The predicted octanol–water partition coefficient (Wildman–Crippen LogP) is 4.83. The molecule has 262 valence electrons. The number of aliphatic imine (C=N–C) groups is 1. The number of nitrogens with one attached hydrogen (secondary N) is 2. The van der Waals surface area contributed by atoms with E-state index in [0.29, 0.717) is 29.3 Å². The van der Waals surface area contributed by atoms with Crippen LogP contribution >= 0.6 is 11.6 Å². The number of aryl methyl sites for hydroxylation is 1.